The van der Waals surface area contributed by atoms with Crippen LogP contribution in [0.1, 0.15) is 18.4 Å². The molecule has 0 bridgehead atoms. The first-order chi connectivity index (χ1) is 10.3. The normalized spacial score (nSPS) is 19.7. The lowest BCUT2D eigenvalue weighted by atomic mass is 10.2. The Kier molecular flexibility index (Phi) is 4.57. The van der Waals surface area contributed by atoms with E-state index in [1.165, 1.54) is 0 Å². The van der Waals surface area contributed by atoms with E-state index >= 15 is 0 Å². The Balaban J connectivity index is 1.36. The van der Waals surface area contributed by atoms with Crippen molar-refractivity contribution in [1.29, 1.82) is 0 Å². The first-order valence-electron chi connectivity index (χ1n) is 7.29. The maximum atomic E-state index is 11.7. The number of carbonyl (C=O) groups excluding carboxylic acids is 1. The fourth-order valence-electron chi connectivity index (χ4n) is 2.47. The number of benzene rings is 1. The second-order valence-electron chi connectivity index (χ2n) is 5.23. The van der Waals surface area contributed by atoms with Gasteiger partial charge in [0.1, 0.15) is 0 Å². The van der Waals surface area contributed by atoms with Crippen LogP contribution in [0, 0.1) is 0 Å². The van der Waals surface area contributed by atoms with Crippen molar-refractivity contribution in [3.63, 3.8) is 0 Å². The van der Waals surface area contributed by atoms with E-state index in [1.54, 1.807) is 0 Å². The Morgan fingerprint density at radius 3 is 3.05 bits per heavy atom. The zero-order valence-electron chi connectivity index (χ0n) is 11.9. The molecule has 1 atom stereocenters. The molecule has 1 saturated heterocycles. The molecule has 0 spiro atoms. The SMILES string of the molecule is O=C(CNCc1ccc2c(c1)OCO2)NCC1CCCO1. The Bertz CT molecular complexity index is 500. The third-order valence-corrected chi connectivity index (χ3v) is 3.60. The first kappa shape index (κ1) is 14.2. The van der Waals surface area contributed by atoms with Crippen molar-refractivity contribution < 1.29 is 19.0 Å². The zero-order chi connectivity index (χ0) is 14.5. The summed E-state index contributed by atoms with van der Waals surface area (Å²) in [6.45, 7) is 2.59. The van der Waals surface area contributed by atoms with Gasteiger partial charge in [-0.25, -0.2) is 0 Å². The molecule has 2 aliphatic heterocycles. The summed E-state index contributed by atoms with van der Waals surface area (Å²) in [6, 6.07) is 5.78. The number of hydrogen-bond acceptors (Lipinski definition) is 5. The average molecular weight is 292 g/mol. The summed E-state index contributed by atoms with van der Waals surface area (Å²) in [5.41, 5.74) is 1.06. The monoisotopic (exact) mass is 292 g/mol. The Labute approximate surface area is 123 Å². The number of fused-ring (bicyclic) bond motifs is 1. The van der Waals surface area contributed by atoms with Gasteiger partial charge in [0.05, 0.1) is 12.6 Å². The number of rotatable bonds is 6. The van der Waals surface area contributed by atoms with Crippen LogP contribution in [0.4, 0.5) is 0 Å². The van der Waals surface area contributed by atoms with Gasteiger partial charge >= 0.3 is 0 Å². The Morgan fingerprint density at radius 1 is 1.29 bits per heavy atom. The van der Waals surface area contributed by atoms with E-state index < -0.39 is 0 Å². The van der Waals surface area contributed by atoms with Crippen molar-refractivity contribution in [2.24, 2.45) is 0 Å². The lowest BCUT2D eigenvalue weighted by Crippen LogP contribution is -2.37. The first-order valence-corrected chi connectivity index (χ1v) is 7.29. The number of nitrogens with one attached hydrogen (secondary N) is 2. The summed E-state index contributed by atoms with van der Waals surface area (Å²) in [7, 11) is 0. The van der Waals surface area contributed by atoms with Crippen molar-refractivity contribution in [3.8, 4) is 11.5 Å². The van der Waals surface area contributed by atoms with E-state index in [9.17, 15) is 4.79 Å². The summed E-state index contributed by atoms with van der Waals surface area (Å²) >= 11 is 0. The molecule has 0 radical (unpaired) electrons. The smallest absolute Gasteiger partial charge is 0.234 e. The predicted octanol–water partition coefficient (Wildman–Crippen LogP) is 0.800. The van der Waals surface area contributed by atoms with Crippen molar-refractivity contribution in [2.45, 2.75) is 25.5 Å². The van der Waals surface area contributed by atoms with Gasteiger partial charge in [-0.1, -0.05) is 6.07 Å². The van der Waals surface area contributed by atoms with Crippen LogP contribution >= 0.6 is 0 Å². The van der Waals surface area contributed by atoms with Crippen LogP contribution in [0.25, 0.3) is 0 Å². The van der Waals surface area contributed by atoms with Crippen molar-refractivity contribution in [3.05, 3.63) is 23.8 Å². The molecule has 114 valence electrons. The maximum absolute atomic E-state index is 11.7. The molecule has 0 aliphatic carbocycles. The van der Waals surface area contributed by atoms with Crippen LogP contribution in [-0.4, -0.2) is 38.5 Å². The fraction of sp³-hybridized carbons (Fsp3) is 0.533. The molecular weight excluding hydrogens is 272 g/mol. The van der Waals surface area contributed by atoms with Crippen LogP contribution in [0.5, 0.6) is 11.5 Å². The van der Waals surface area contributed by atoms with Gasteiger partial charge in [0.15, 0.2) is 11.5 Å². The molecule has 6 heteroatoms. The molecule has 2 N–H and O–H groups in total. The van der Waals surface area contributed by atoms with E-state index in [0.717, 1.165) is 36.5 Å². The molecule has 1 fully saturated rings. The summed E-state index contributed by atoms with van der Waals surface area (Å²) in [5.74, 6) is 1.52. The minimum Gasteiger partial charge on any atom is -0.454 e. The van der Waals surface area contributed by atoms with Crippen LogP contribution in [0.3, 0.4) is 0 Å². The predicted molar refractivity (Wildman–Crippen MR) is 76.3 cm³/mol. The van der Waals surface area contributed by atoms with Gasteiger partial charge in [-0.15, -0.1) is 0 Å². The number of ether oxygens (including phenoxy) is 3. The molecular formula is C15H20N2O4. The average Bonchev–Trinajstić information content (AvgIpc) is 3.16. The van der Waals surface area contributed by atoms with Gasteiger partial charge in [0, 0.05) is 19.7 Å². The van der Waals surface area contributed by atoms with E-state index in [2.05, 4.69) is 10.6 Å². The quantitative estimate of drug-likeness (QED) is 0.812. The largest absolute Gasteiger partial charge is 0.454 e. The molecule has 2 heterocycles. The van der Waals surface area contributed by atoms with E-state index in [-0.39, 0.29) is 18.8 Å². The van der Waals surface area contributed by atoms with Gasteiger partial charge in [-0.2, -0.15) is 0 Å². The highest BCUT2D eigenvalue weighted by Crippen LogP contribution is 2.32. The molecule has 0 saturated carbocycles. The second kappa shape index (κ2) is 6.78. The topological polar surface area (TPSA) is 68.8 Å². The molecule has 1 unspecified atom stereocenters. The minimum atomic E-state index is -0.00811. The molecule has 0 aromatic heterocycles. The molecule has 1 aromatic carbocycles. The van der Waals surface area contributed by atoms with Crippen LogP contribution < -0.4 is 20.1 Å². The number of amides is 1. The third-order valence-electron chi connectivity index (χ3n) is 3.60. The standard InChI is InChI=1S/C15H20N2O4/c18-15(17-8-12-2-1-5-19-12)9-16-7-11-3-4-13-14(6-11)21-10-20-13/h3-4,6,12,16H,1-2,5,7-10H2,(H,17,18). The highest BCUT2D eigenvalue weighted by Gasteiger charge is 2.16. The van der Waals surface area contributed by atoms with Crippen molar-refractivity contribution >= 4 is 5.91 Å². The van der Waals surface area contributed by atoms with Crippen molar-refractivity contribution in [2.75, 3.05) is 26.5 Å². The molecule has 1 aromatic rings. The second-order valence-corrected chi connectivity index (χ2v) is 5.23. The maximum Gasteiger partial charge on any atom is 0.234 e. The lowest BCUT2D eigenvalue weighted by molar-refractivity contribution is -0.120. The highest BCUT2D eigenvalue weighted by molar-refractivity contribution is 5.78. The molecule has 3 rings (SSSR count). The number of carbonyl (C=O) groups is 1. The summed E-state index contributed by atoms with van der Waals surface area (Å²) < 4.78 is 16.0. The van der Waals surface area contributed by atoms with Gasteiger partial charge in [0.25, 0.3) is 0 Å². The summed E-state index contributed by atoms with van der Waals surface area (Å²) in [5, 5.41) is 6.00. The highest BCUT2D eigenvalue weighted by atomic mass is 16.7. The van der Waals surface area contributed by atoms with Crippen molar-refractivity contribution in [1.82, 2.24) is 10.6 Å². The van der Waals surface area contributed by atoms with Gasteiger partial charge in [0.2, 0.25) is 12.7 Å². The zero-order valence-corrected chi connectivity index (χ0v) is 11.9. The van der Waals surface area contributed by atoms with Gasteiger partial charge in [-0.3, -0.25) is 4.79 Å². The molecule has 6 nitrogen and oxygen atoms in total. The summed E-state index contributed by atoms with van der Waals surface area (Å²) in [4.78, 5) is 11.7. The fourth-order valence-corrected chi connectivity index (χ4v) is 2.47. The van der Waals surface area contributed by atoms with E-state index in [4.69, 9.17) is 14.2 Å². The van der Waals surface area contributed by atoms with Crippen LogP contribution in [0.2, 0.25) is 0 Å². The van der Waals surface area contributed by atoms with E-state index in [1.807, 2.05) is 18.2 Å². The molecule has 1 amide bonds. The van der Waals surface area contributed by atoms with E-state index in [0.29, 0.717) is 19.6 Å². The lowest BCUT2D eigenvalue weighted by Gasteiger charge is -2.11. The Morgan fingerprint density at radius 2 is 2.19 bits per heavy atom. The van der Waals surface area contributed by atoms with Crippen LogP contribution in [-0.2, 0) is 16.1 Å². The number of hydrogen-bond donors (Lipinski definition) is 2. The molecule has 2 aliphatic rings. The third kappa shape index (κ3) is 3.86. The van der Waals surface area contributed by atoms with Gasteiger partial charge in [-0.05, 0) is 30.5 Å². The van der Waals surface area contributed by atoms with Gasteiger partial charge < -0.3 is 24.8 Å². The Hall–Kier alpha value is -1.79. The van der Waals surface area contributed by atoms with Crippen LogP contribution in [0.15, 0.2) is 18.2 Å². The minimum absolute atomic E-state index is 0.00811. The summed E-state index contributed by atoms with van der Waals surface area (Å²) in [6.07, 6.45) is 2.30. The molecule has 21 heavy (non-hydrogen) atoms.